The number of halogens is 1. The molecule has 0 aliphatic heterocycles. The highest BCUT2D eigenvalue weighted by atomic mass is 35.5. The fourth-order valence-corrected chi connectivity index (χ4v) is 2.07. The molecule has 0 unspecified atom stereocenters. The van der Waals surface area contributed by atoms with Crippen LogP contribution in [-0.2, 0) is 6.42 Å². The van der Waals surface area contributed by atoms with Crippen molar-refractivity contribution in [1.29, 1.82) is 0 Å². The van der Waals surface area contributed by atoms with Crippen LogP contribution in [-0.4, -0.2) is 16.7 Å². The van der Waals surface area contributed by atoms with Crippen molar-refractivity contribution in [2.75, 3.05) is 11.9 Å². The molecule has 0 aliphatic carbocycles. The average Bonchev–Trinajstić information content (AvgIpc) is 2.44. The molecule has 0 amide bonds. The topological polar surface area (TPSA) is 37.8 Å². The van der Waals surface area contributed by atoms with Crippen molar-refractivity contribution < 1.29 is 0 Å². The normalized spacial score (nSPS) is 10.5. The Balaban J connectivity index is 1.85. The number of hydrogen-bond acceptors (Lipinski definition) is 3. The van der Waals surface area contributed by atoms with E-state index < -0.39 is 0 Å². The zero-order chi connectivity index (χ0) is 13.7. The van der Waals surface area contributed by atoms with Crippen LogP contribution in [0.1, 0.15) is 23.1 Å². The number of anilines is 1. The summed E-state index contributed by atoms with van der Waals surface area (Å²) in [5, 5.41) is 11.8. The van der Waals surface area contributed by atoms with Crippen LogP contribution in [0.15, 0.2) is 30.3 Å². The molecule has 0 radical (unpaired) electrons. The van der Waals surface area contributed by atoms with E-state index in [4.69, 9.17) is 11.6 Å². The molecule has 1 aromatic carbocycles. The first-order valence-corrected chi connectivity index (χ1v) is 6.83. The van der Waals surface area contributed by atoms with Crippen molar-refractivity contribution in [1.82, 2.24) is 10.2 Å². The van der Waals surface area contributed by atoms with Gasteiger partial charge in [-0.05, 0) is 43.4 Å². The fourth-order valence-electron chi connectivity index (χ4n) is 1.89. The Morgan fingerprint density at radius 1 is 1.05 bits per heavy atom. The van der Waals surface area contributed by atoms with Gasteiger partial charge in [-0.15, -0.1) is 10.2 Å². The minimum atomic E-state index is 0.479. The molecule has 100 valence electrons. The van der Waals surface area contributed by atoms with Crippen molar-refractivity contribution >= 4 is 17.4 Å². The number of nitrogens with zero attached hydrogens (tertiary/aromatic N) is 2. The van der Waals surface area contributed by atoms with Crippen molar-refractivity contribution in [3.63, 3.8) is 0 Å². The Morgan fingerprint density at radius 3 is 2.53 bits per heavy atom. The summed E-state index contributed by atoms with van der Waals surface area (Å²) in [6.07, 6.45) is 2.12. The van der Waals surface area contributed by atoms with Crippen LogP contribution < -0.4 is 5.32 Å². The van der Waals surface area contributed by atoms with Gasteiger partial charge in [-0.3, -0.25) is 0 Å². The van der Waals surface area contributed by atoms with Crippen LogP contribution in [0.4, 0.5) is 5.82 Å². The number of aromatic nitrogens is 2. The van der Waals surface area contributed by atoms with Crippen molar-refractivity contribution in [3.05, 3.63) is 52.2 Å². The summed E-state index contributed by atoms with van der Waals surface area (Å²) in [4.78, 5) is 0. The summed E-state index contributed by atoms with van der Waals surface area (Å²) in [5.41, 5.74) is 3.42. The first-order chi connectivity index (χ1) is 9.18. The minimum absolute atomic E-state index is 0.479. The van der Waals surface area contributed by atoms with E-state index in [1.807, 2.05) is 19.9 Å². The van der Waals surface area contributed by atoms with Crippen LogP contribution in [0.2, 0.25) is 5.15 Å². The molecule has 0 atom stereocenters. The first-order valence-electron chi connectivity index (χ1n) is 6.45. The maximum Gasteiger partial charge on any atom is 0.155 e. The average molecular weight is 276 g/mol. The van der Waals surface area contributed by atoms with E-state index in [2.05, 4.69) is 39.8 Å². The molecule has 19 heavy (non-hydrogen) atoms. The number of rotatable bonds is 5. The second-order valence-corrected chi connectivity index (χ2v) is 4.96. The summed E-state index contributed by atoms with van der Waals surface area (Å²) in [7, 11) is 0. The number of benzene rings is 1. The lowest BCUT2D eigenvalue weighted by Gasteiger charge is -2.10. The van der Waals surface area contributed by atoms with E-state index in [9.17, 15) is 0 Å². The van der Waals surface area contributed by atoms with Crippen LogP contribution in [0.3, 0.4) is 0 Å². The molecule has 0 saturated heterocycles. The molecule has 0 saturated carbocycles. The monoisotopic (exact) mass is 275 g/mol. The lowest BCUT2D eigenvalue weighted by molar-refractivity contribution is 0.849. The highest BCUT2D eigenvalue weighted by Gasteiger charge is 2.07. The van der Waals surface area contributed by atoms with E-state index in [0.29, 0.717) is 5.15 Å². The van der Waals surface area contributed by atoms with Gasteiger partial charge in [0.15, 0.2) is 11.0 Å². The van der Waals surface area contributed by atoms with Gasteiger partial charge in [0.25, 0.3) is 0 Å². The van der Waals surface area contributed by atoms with E-state index in [1.165, 1.54) is 5.56 Å². The maximum absolute atomic E-state index is 5.93. The summed E-state index contributed by atoms with van der Waals surface area (Å²) in [6.45, 7) is 4.85. The van der Waals surface area contributed by atoms with Gasteiger partial charge in [0.2, 0.25) is 0 Å². The Hall–Kier alpha value is -1.61. The summed E-state index contributed by atoms with van der Waals surface area (Å²) < 4.78 is 0. The Bertz CT molecular complexity index is 541. The first kappa shape index (κ1) is 13.8. The van der Waals surface area contributed by atoms with Gasteiger partial charge in [-0.25, -0.2) is 0 Å². The molecular formula is C15H18ClN3. The van der Waals surface area contributed by atoms with E-state index in [-0.39, 0.29) is 0 Å². The zero-order valence-electron chi connectivity index (χ0n) is 11.3. The molecule has 1 aromatic heterocycles. The van der Waals surface area contributed by atoms with E-state index in [0.717, 1.165) is 36.3 Å². The smallest absolute Gasteiger partial charge is 0.155 e. The molecule has 0 aliphatic rings. The summed E-state index contributed by atoms with van der Waals surface area (Å²) in [6, 6.07) is 10.5. The minimum Gasteiger partial charge on any atom is -0.368 e. The fraction of sp³-hybridized carbons (Fsp3) is 0.333. The lowest BCUT2D eigenvalue weighted by atomic mass is 10.1. The second-order valence-electron chi connectivity index (χ2n) is 4.61. The Kier molecular flexibility index (Phi) is 4.74. The van der Waals surface area contributed by atoms with Gasteiger partial charge in [0.05, 0.1) is 0 Å². The molecule has 2 rings (SSSR count). The summed E-state index contributed by atoms with van der Waals surface area (Å²) in [5.74, 6) is 0.829. The molecule has 1 N–H and O–H groups in total. The zero-order valence-corrected chi connectivity index (χ0v) is 12.0. The second kappa shape index (κ2) is 6.53. The van der Waals surface area contributed by atoms with Gasteiger partial charge in [0, 0.05) is 6.54 Å². The summed E-state index contributed by atoms with van der Waals surface area (Å²) >= 11 is 5.93. The molecule has 0 spiro atoms. The highest BCUT2D eigenvalue weighted by Crippen LogP contribution is 2.20. The van der Waals surface area contributed by atoms with Crippen molar-refractivity contribution in [2.24, 2.45) is 0 Å². The van der Waals surface area contributed by atoms with Gasteiger partial charge >= 0.3 is 0 Å². The number of hydrogen-bond donors (Lipinski definition) is 1. The lowest BCUT2D eigenvalue weighted by Crippen LogP contribution is -2.08. The van der Waals surface area contributed by atoms with Crippen LogP contribution in [0.25, 0.3) is 0 Å². The third-order valence-corrected chi connectivity index (χ3v) is 3.60. The van der Waals surface area contributed by atoms with Crippen molar-refractivity contribution in [2.45, 2.75) is 26.7 Å². The predicted octanol–water partition coefficient (Wildman–Crippen LogP) is 3.79. The third-order valence-electron chi connectivity index (χ3n) is 3.24. The quantitative estimate of drug-likeness (QED) is 0.844. The van der Waals surface area contributed by atoms with Crippen LogP contribution in [0.5, 0.6) is 0 Å². The van der Waals surface area contributed by atoms with Crippen LogP contribution >= 0.6 is 11.6 Å². The van der Waals surface area contributed by atoms with Gasteiger partial charge in [-0.2, -0.15) is 0 Å². The van der Waals surface area contributed by atoms with E-state index in [1.54, 1.807) is 0 Å². The molecule has 3 nitrogen and oxygen atoms in total. The standard InChI is InChI=1S/C15H18ClN3/c1-11-12(2)15(19-18-14(11)16)17-10-6-9-13-7-4-3-5-8-13/h3-5,7-8H,6,9-10H2,1-2H3,(H,17,19). The van der Waals surface area contributed by atoms with Gasteiger partial charge < -0.3 is 5.32 Å². The maximum atomic E-state index is 5.93. The van der Waals surface area contributed by atoms with Gasteiger partial charge in [-0.1, -0.05) is 41.9 Å². The Labute approximate surface area is 119 Å². The molecule has 2 aromatic rings. The third kappa shape index (κ3) is 3.67. The molecule has 1 heterocycles. The van der Waals surface area contributed by atoms with Gasteiger partial charge in [0.1, 0.15) is 0 Å². The van der Waals surface area contributed by atoms with Crippen LogP contribution in [0, 0.1) is 13.8 Å². The highest BCUT2D eigenvalue weighted by molar-refractivity contribution is 6.30. The number of nitrogens with one attached hydrogen (secondary N) is 1. The molecule has 4 heteroatoms. The SMILES string of the molecule is Cc1c(Cl)nnc(NCCCc2ccccc2)c1C. The molecule has 0 fully saturated rings. The van der Waals surface area contributed by atoms with Crippen molar-refractivity contribution in [3.8, 4) is 0 Å². The molecular weight excluding hydrogens is 258 g/mol. The predicted molar refractivity (Wildman–Crippen MR) is 79.8 cm³/mol. The largest absolute Gasteiger partial charge is 0.368 e. The van der Waals surface area contributed by atoms with E-state index >= 15 is 0 Å². The number of aryl methyl sites for hydroxylation is 1. The molecule has 0 bridgehead atoms. The Morgan fingerprint density at radius 2 is 1.79 bits per heavy atom.